The number of aromatic nitrogens is 4. The van der Waals surface area contributed by atoms with E-state index in [9.17, 15) is 0 Å². The van der Waals surface area contributed by atoms with E-state index >= 15 is 0 Å². The molecule has 2 N–H and O–H groups in total. The van der Waals surface area contributed by atoms with E-state index in [2.05, 4.69) is 27.5 Å². The summed E-state index contributed by atoms with van der Waals surface area (Å²) in [5, 5.41) is 15.1. The molecule has 0 bridgehead atoms. The maximum absolute atomic E-state index is 4.38. The second kappa shape index (κ2) is 4.57. The zero-order valence-corrected chi connectivity index (χ0v) is 10.8. The zero-order valence-electron chi connectivity index (χ0n) is 10.8. The average molecular weight is 245 g/mol. The quantitative estimate of drug-likeness (QED) is 0.868. The van der Waals surface area contributed by atoms with E-state index in [0.717, 1.165) is 12.1 Å². The first-order valence-corrected chi connectivity index (χ1v) is 6.52. The monoisotopic (exact) mass is 245 g/mol. The number of hydrogen-bond acceptors (Lipinski definition) is 3. The van der Waals surface area contributed by atoms with Crippen molar-refractivity contribution in [2.75, 3.05) is 0 Å². The fourth-order valence-corrected chi connectivity index (χ4v) is 2.78. The molecule has 1 aliphatic carbocycles. The van der Waals surface area contributed by atoms with Crippen LogP contribution in [0, 0.1) is 0 Å². The van der Waals surface area contributed by atoms with Crippen molar-refractivity contribution in [2.24, 2.45) is 7.05 Å². The van der Waals surface area contributed by atoms with Crippen LogP contribution in [0.4, 0.5) is 0 Å². The Hall–Kier alpha value is -1.62. The highest BCUT2D eigenvalue weighted by Crippen LogP contribution is 2.30. The van der Waals surface area contributed by atoms with Gasteiger partial charge in [0, 0.05) is 36.6 Å². The van der Waals surface area contributed by atoms with E-state index in [1.165, 1.54) is 24.1 Å². The largest absolute Gasteiger partial charge is 0.302 e. The third-order valence-corrected chi connectivity index (χ3v) is 3.82. The van der Waals surface area contributed by atoms with Gasteiger partial charge in [0.2, 0.25) is 0 Å². The molecule has 2 aromatic rings. The van der Waals surface area contributed by atoms with Gasteiger partial charge in [0.05, 0.1) is 11.9 Å². The van der Waals surface area contributed by atoms with Crippen LogP contribution in [-0.2, 0) is 13.5 Å². The highest BCUT2D eigenvalue weighted by atomic mass is 15.3. The molecule has 0 amide bonds. The second-order valence-electron chi connectivity index (χ2n) is 5.02. The maximum atomic E-state index is 4.38. The maximum Gasteiger partial charge on any atom is 0.0540 e. The smallest absolute Gasteiger partial charge is 0.0540 e. The molecule has 2 atom stereocenters. The van der Waals surface area contributed by atoms with E-state index in [4.69, 9.17) is 0 Å². The van der Waals surface area contributed by atoms with Gasteiger partial charge < -0.3 is 5.32 Å². The molecule has 5 heteroatoms. The van der Waals surface area contributed by atoms with Crippen molar-refractivity contribution in [1.82, 2.24) is 25.3 Å². The van der Waals surface area contributed by atoms with Gasteiger partial charge in [-0.25, -0.2) is 0 Å². The van der Waals surface area contributed by atoms with Gasteiger partial charge >= 0.3 is 0 Å². The van der Waals surface area contributed by atoms with Crippen LogP contribution in [0.1, 0.15) is 48.8 Å². The Balaban J connectivity index is 1.78. The molecule has 0 radical (unpaired) electrons. The van der Waals surface area contributed by atoms with Crippen LogP contribution in [0.25, 0.3) is 0 Å². The van der Waals surface area contributed by atoms with Crippen LogP contribution in [0.15, 0.2) is 18.5 Å². The van der Waals surface area contributed by atoms with Gasteiger partial charge in [0.25, 0.3) is 0 Å². The molecule has 2 heterocycles. The summed E-state index contributed by atoms with van der Waals surface area (Å²) < 4.78 is 2.00. The van der Waals surface area contributed by atoms with E-state index in [0.29, 0.717) is 6.04 Å². The Bertz CT molecular complexity index is 513. The van der Waals surface area contributed by atoms with Gasteiger partial charge in [-0.05, 0) is 32.3 Å². The van der Waals surface area contributed by atoms with Crippen molar-refractivity contribution in [3.8, 4) is 0 Å². The minimum Gasteiger partial charge on any atom is -0.302 e. The Morgan fingerprint density at radius 3 is 3.22 bits per heavy atom. The molecule has 0 saturated heterocycles. The number of aryl methyl sites for hydroxylation is 1. The highest BCUT2D eigenvalue weighted by Gasteiger charge is 2.24. The van der Waals surface area contributed by atoms with Crippen LogP contribution in [0.3, 0.4) is 0 Å². The molecule has 0 fully saturated rings. The first-order valence-electron chi connectivity index (χ1n) is 6.52. The van der Waals surface area contributed by atoms with Crippen molar-refractivity contribution >= 4 is 0 Å². The van der Waals surface area contributed by atoms with Gasteiger partial charge in [-0.15, -0.1) is 0 Å². The summed E-state index contributed by atoms with van der Waals surface area (Å²) in [6, 6.07) is 2.70. The average Bonchev–Trinajstić information content (AvgIpc) is 3.00. The van der Waals surface area contributed by atoms with E-state index < -0.39 is 0 Å². The summed E-state index contributed by atoms with van der Waals surface area (Å²) in [6.07, 6.45) is 7.34. The molecule has 2 unspecified atom stereocenters. The lowest BCUT2D eigenvalue weighted by Gasteiger charge is -2.26. The minimum absolute atomic E-state index is 0.281. The lowest BCUT2D eigenvalue weighted by molar-refractivity contribution is 0.406. The van der Waals surface area contributed by atoms with Crippen LogP contribution >= 0.6 is 0 Å². The van der Waals surface area contributed by atoms with Crippen LogP contribution in [0.2, 0.25) is 0 Å². The summed E-state index contributed by atoms with van der Waals surface area (Å²) in [5.74, 6) is 0. The summed E-state index contributed by atoms with van der Waals surface area (Å²) in [5.41, 5.74) is 3.86. The fourth-order valence-electron chi connectivity index (χ4n) is 2.78. The summed E-state index contributed by atoms with van der Waals surface area (Å²) in [4.78, 5) is 0. The fraction of sp³-hybridized carbons (Fsp3) is 0.538. The normalized spacial score (nSPS) is 20.7. The van der Waals surface area contributed by atoms with Gasteiger partial charge in [-0.3, -0.25) is 9.78 Å². The topological polar surface area (TPSA) is 58.5 Å². The molecule has 2 aromatic heterocycles. The molecule has 5 nitrogen and oxygen atoms in total. The minimum atomic E-state index is 0.281. The van der Waals surface area contributed by atoms with Crippen molar-refractivity contribution < 1.29 is 0 Å². The predicted molar refractivity (Wildman–Crippen MR) is 69.0 cm³/mol. The van der Waals surface area contributed by atoms with Gasteiger partial charge in [0.1, 0.15) is 0 Å². The number of nitrogens with zero attached hydrogens (tertiary/aromatic N) is 3. The number of H-pyrrole nitrogens is 1. The first kappa shape index (κ1) is 11.5. The molecule has 3 rings (SSSR count). The molecule has 0 spiro atoms. The van der Waals surface area contributed by atoms with Crippen LogP contribution < -0.4 is 5.32 Å². The second-order valence-corrected chi connectivity index (χ2v) is 5.02. The Labute approximate surface area is 107 Å². The van der Waals surface area contributed by atoms with Crippen LogP contribution in [0.5, 0.6) is 0 Å². The Morgan fingerprint density at radius 2 is 2.44 bits per heavy atom. The summed E-state index contributed by atoms with van der Waals surface area (Å²) in [7, 11) is 2.03. The number of nitrogens with one attached hydrogen (secondary N) is 2. The Morgan fingerprint density at radius 1 is 1.56 bits per heavy atom. The third kappa shape index (κ3) is 1.95. The Kier molecular flexibility index (Phi) is 2.91. The van der Waals surface area contributed by atoms with Crippen molar-refractivity contribution in [3.05, 3.63) is 35.4 Å². The first-order chi connectivity index (χ1) is 8.75. The van der Waals surface area contributed by atoms with Gasteiger partial charge in [-0.2, -0.15) is 10.2 Å². The van der Waals surface area contributed by atoms with E-state index in [1.54, 1.807) is 6.20 Å². The van der Waals surface area contributed by atoms with Crippen molar-refractivity contribution in [1.29, 1.82) is 0 Å². The molecule has 18 heavy (non-hydrogen) atoms. The molecular formula is C13H19N5. The summed E-state index contributed by atoms with van der Waals surface area (Å²) >= 11 is 0. The lowest BCUT2D eigenvalue weighted by atomic mass is 9.92. The number of fused-ring (bicyclic) bond motifs is 1. The highest BCUT2D eigenvalue weighted by molar-refractivity contribution is 5.25. The molecule has 0 aromatic carbocycles. The zero-order chi connectivity index (χ0) is 12.5. The van der Waals surface area contributed by atoms with Gasteiger partial charge in [-0.1, -0.05) is 0 Å². The number of aromatic amines is 1. The van der Waals surface area contributed by atoms with E-state index in [1.807, 2.05) is 24.0 Å². The molecule has 1 aliphatic rings. The van der Waals surface area contributed by atoms with Crippen molar-refractivity contribution in [2.45, 2.75) is 38.3 Å². The van der Waals surface area contributed by atoms with Crippen LogP contribution in [-0.4, -0.2) is 20.0 Å². The molecule has 0 saturated carbocycles. The lowest BCUT2D eigenvalue weighted by Crippen LogP contribution is -2.28. The molecule has 0 aliphatic heterocycles. The number of hydrogen-bond donors (Lipinski definition) is 2. The van der Waals surface area contributed by atoms with Crippen molar-refractivity contribution in [3.63, 3.8) is 0 Å². The predicted octanol–water partition coefficient (Wildman–Crippen LogP) is 1.87. The van der Waals surface area contributed by atoms with Gasteiger partial charge in [0.15, 0.2) is 0 Å². The molecule has 96 valence electrons. The molecular weight excluding hydrogens is 226 g/mol. The summed E-state index contributed by atoms with van der Waals surface area (Å²) in [6.45, 7) is 2.16. The SMILES string of the molecule is CC(NC1CCCc2c1cnn2C)c1ccn[nH]1. The third-order valence-electron chi connectivity index (χ3n) is 3.82. The van der Waals surface area contributed by atoms with E-state index in [-0.39, 0.29) is 6.04 Å². The number of rotatable bonds is 3. The standard InChI is InChI=1S/C13H19N5/c1-9(11-6-7-14-17-11)16-12-4-3-5-13-10(12)8-15-18(13)2/h6-9,12,16H,3-5H2,1-2H3,(H,14,17).